The maximum Gasteiger partial charge on any atom is 0.222 e. The maximum atomic E-state index is 6.19. The molecule has 0 saturated heterocycles. The third kappa shape index (κ3) is 4.10. The summed E-state index contributed by atoms with van der Waals surface area (Å²) < 4.78 is 5.93. The van der Waals surface area contributed by atoms with Crippen molar-refractivity contribution in [3.8, 4) is 5.75 Å². The van der Waals surface area contributed by atoms with Crippen molar-refractivity contribution in [2.75, 3.05) is 5.43 Å². The van der Waals surface area contributed by atoms with Gasteiger partial charge in [-0.2, -0.15) is 5.10 Å². The van der Waals surface area contributed by atoms with E-state index in [1.54, 1.807) is 6.21 Å². The minimum Gasteiger partial charge on any atom is -0.488 e. The van der Waals surface area contributed by atoms with Crippen LogP contribution < -0.4 is 10.2 Å². The Morgan fingerprint density at radius 2 is 1.78 bits per heavy atom. The zero-order chi connectivity index (χ0) is 18.5. The van der Waals surface area contributed by atoms with Crippen molar-refractivity contribution in [1.82, 2.24) is 9.97 Å². The van der Waals surface area contributed by atoms with Gasteiger partial charge in [0, 0.05) is 16.1 Å². The summed E-state index contributed by atoms with van der Waals surface area (Å²) in [5, 5.41) is 4.96. The first-order chi connectivity index (χ1) is 13.3. The number of aromatic nitrogens is 2. The van der Waals surface area contributed by atoms with E-state index in [2.05, 4.69) is 20.5 Å². The Balaban J connectivity index is 1.45. The lowest BCUT2D eigenvalue weighted by Crippen LogP contribution is -2.00. The first-order valence-corrected chi connectivity index (χ1v) is 8.86. The van der Waals surface area contributed by atoms with Crippen LogP contribution in [-0.4, -0.2) is 16.2 Å². The number of H-pyrrole nitrogens is 1. The van der Waals surface area contributed by atoms with Gasteiger partial charge in [-0.15, -0.1) is 0 Å². The molecule has 0 bridgehead atoms. The van der Waals surface area contributed by atoms with Gasteiger partial charge < -0.3 is 9.72 Å². The van der Waals surface area contributed by atoms with Crippen molar-refractivity contribution in [3.05, 3.63) is 88.9 Å². The normalized spacial score (nSPS) is 11.1. The summed E-state index contributed by atoms with van der Waals surface area (Å²) in [7, 11) is 0. The van der Waals surface area contributed by atoms with Crippen molar-refractivity contribution < 1.29 is 4.74 Å². The molecule has 2 N–H and O–H groups in total. The Morgan fingerprint density at radius 1 is 1.00 bits per heavy atom. The summed E-state index contributed by atoms with van der Waals surface area (Å²) in [6, 6.07) is 23.1. The van der Waals surface area contributed by atoms with Gasteiger partial charge in [0.05, 0.1) is 17.2 Å². The molecule has 0 aliphatic heterocycles. The molecule has 134 valence electrons. The number of hydrogen-bond acceptors (Lipinski definition) is 4. The second-order valence-corrected chi connectivity index (χ2v) is 6.30. The molecule has 0 atom stereocenters. The highest BCUT2D eigenvalue weighted by atomic mass is 35.5. The molecule has 0 radical (unpaired) electrons. The second-order valence-electron chi connectivity index (χ2n) is 5.89. The molecule has 0 aliphatic rings. The maximum absolute atomic E-state index is 6.19. The average Bonchev–Trinajstić information content (AvgIpc) is 3.11. The largest absolute Gasteiger partial charge is 0.488 e. The van der Waals surface area contributed by atoms with Gasteiger partial charge >= 0.3 is 0 Å². The number of nitrogens with one attached hydrogen (secondary N) is 2. The number of para-hydroxylation sites is 3. The minimum absolute atomic E-state index is 0.390. The zero-order valence-corrected chi connectivity index (χ0v) is 15.1. The van der Waals surface area contributed by atoms with Crippen LogP contribution in [0.5, 0.6) is 5.75 Å². The molecule has 6 heteroatoms. The molecule has 5 nitrogen and oxygen atoms in total. The van der Waals surface area contributed by atoms with Gasteiger partial charge in [-0.05, 0) is 30.3 Å². The van der Waals surface area contributed by atoms with Crippen molar-refractivity contribution in [2.45, 2.75) is 6.61 Å². The smallest absolute Gasteiger partial charge is 0.222 e. The van der Waals surface area contributed by atoms with E-state index in [1.165, 1.54) is 0 Å². The molecule has 1 aromatic heterocycles. The second kappa shape index (κ2) is 7.93. The first-order valence-electron chi connectivity index (χ1n) is 8.49. The lowest BCUT2D eigenvalue weighted by Gasteiger charge is -2.10. The van der Waals surface area contributed by atoms with E-state index in [4.69, 9.17) is 16.3 Å². The number of imidazole rings is 1. The van der Waals surface area contributed by atoms with Gasteiger partial charge in [0.15, 0.2) is 0 Å². The number of nitrogens with zero attached hydrogens (tertiary/aromatic N) is 2. The highest BCUT2D eigenvalue weighted by Gasteiger charge is 2.04. The van der Waals surface area contributed by atoms with E-state index in [0.29, 0.717) is 17.6 Å². The molecule has 0 saturated carbocycles. The lowest BCUT2D eigenvalue weighted by atomic mass is 10.2. The Labute approximate surface area is 161 Å². The number of anilines is 1. The number of hydrogen-bond donors (Lipinski definition) is 2. The SMILES string of the molecule is Clc1ccccc1COc1ccccc1/C=N/Nc1nc2ccccc2[nH]1. The fourth-order valence-corrected chi connectivity index (χ4v) is 2.85. The Bertz CT molecular complexity index is 1060. The van der Waals surface area contributed by atoms with Gasteiger partial charge in [0.1, 0.15) is 12.4 Å². The zero-order valence-electron chi connectivity index (χ0n) is 14.4. The van der Waals surface area contributed by atoms with Crippen LogP contribution in [0.3, 0.4) is 0 Å². The minimum atomic E-state index is 0.390. The van der Waals surface area contributed by atoms with Crippen molar-refractivity contribution in [1.29, 1.82) is 0 Å². The Hall–Kier alpha value is -3.31. The standard InChI is InChI=1S/C21H17ClN4O/c22-17-9-3-1-8-16(17)14-27-20-12-6-2-7-15(20)13-23-26-21-24-18-10-4-5-11-19(18)25-21/h1-13H,14H2,(H2,24,25,26)/b23-13+. The van der Waals surface area contributed by atoms with E-state index >= 15 is 0 Å². The van der Waals surface area contributed by atoms with E-state index < -0.39 is 0 Å². The topological polar surface area (TPSA) is 62.3 Å². The fourth-order valence-electron chi connectivity index (χ4n) is 2.66. The van der Waals surface area contributed by atoms with Gasteiger partial charge in [0.25, 0.3) is 0 Å². The number of benzene rings is 3. The van der Waals surface area contributed by atoms with E-state index in [-0.39, 0.29) is 0 Å². The molecule has 0 fully saturated rings. The summed E-state index contributed by atoms with van der Waals surface area (Å²) in [4.78, 5) is 7.59. The van der Waals surface area contributed by atoms with Crippen LogP contribution in [0.25, 0.3) is 11.0 Å². The van der Waals surface area contributed by atoms with Crippen LogP contribution in [0.1, 0.15) is 11.1 Å². The number of hydrazone groups is 1. The Morgan fingerprint density at radius 3 is 2.67 bits per heavy atom. The van der Waals surface area contributed by atoms with Crippen LogP contribution in [0.4, 0.5) is 5.95 Å². The van der Waals surface area contributed by atoms with Crippen molar-refractivity contribution in [2.24, 2.45) is 5.10 Å². The molecule has 4 rings (SSSR count). The Kier molecular flexibility index (Phi) is 5.03. The fraction of sp³-hybridized carbons (Fsp3) is 0.0476. The number of rotatable bonds is 6. The van der Waals surface area contributed by atoms with Crippen LogP contribution in [0.2, 0.25) is 5.02 Å². The number of halogens is 1. The lowest BCUT2D eigenvalue weighted by molar-refractivity contribution is 0.306. The van der Waals surface area contributed by atoms with Crippen molar-refractivity contribution >= 4 is 34.8 Å². The summed E-state index contributed by atoms with van der Waals surface area (Å²) in [5.41, 5.74) is 6.55. The van der Waals surface area contributed by atoms with Crippen molar-refractivity contribution in [3.63, 3.8) is 0 Å². The molecular formula is C21H17ClN4O. The number of ether oxygens (including phenoxy) is 1. The molecule has 1 heterocycles. The molecule has 3 aromatic carbocycles. The summed E-state index contributed by atoms with van der Waals surface area (Å²) in [6.07, 6.45) is 1.70. The molecule has 0 amide bonds. The van der Waals surface area contributed by atoms with Crippen LogP contribution >= 0.6 is 11.6 Å². The third-order valence-electron chi connectivity index (χ3n) is 4.02. The number of fused-ring (bicyclic) bond motifs is 1. The molecule has 4 aromatic rings. The van der Waals surface area contributed by atoms with Crippen LogP contribution in [0.15, 0.2) is 77.9 Å². The quantitative estimate of drug-likeness (QED) is 0.357. The highest BCUT2D eigenvalue weighted by Crippen LogP contribution is 2.21. The highest BCUT2D eigenvalue weighted by molar-refractivity contribution is 6.31. The molecule has 0 unspecified atom stereocenters. The van der Waals surface area contributed by atoms with Gasteiger partial charge in [0.2, 0.25) is 5.95 Å². The van der Waals surface area contributed by atoms with Gasteiger partial charge in [-0.1, -0.05) is 54.1 Å². The first kappa shape index (κ1) is 17.1. The summed E-state index contributed by atoms with van der Waals surface area (Å²) in [6.45, 7) is 0.390. The molecule has 0 spiro atoms. The van der Waals surface area contributed by atoms with Crippen LogP contribution in [0, 0.1) is 0 Å². The average molecular weight is 377 g/mol. The third-order valence-corrected chi connectivity index (χ3v) is 4.39. The molecular weight excluding hydrogens is 360 g/mol. The number of aromatic amines is 1. The predicted octanol–water partition coefficient (Wildman–Crippen LogP) is 5.24. The van der Waals surface area contributed by atoms with E-state index in [1.807, 2.05) is 72.8 Å². The summed E-state index contributed by atoms with van der Waals surface area (Å²) in [5.74, 6) is 1.31. The predicted molar refractivity (Wildman–Crippen MR) is 110 cm³/mol. The van der Waals surface area contributed by atoms with E-state index in [9.17, 15) is 0 Å². The monoisotopic (exact) mass is 376 g/mol. The molecule has 27 heavy (non-hydrogen) atoms. The van der Waals surface area contributed by atoms with Crippen LogP contribution in [-0.2, 0) is 6.61 Å². The van der Waals surface area contributed by atoms with Gasteiger partial charge in [-0.3, -0.25) is 0 Å². The van der Waals surface area contributed by atoms with E-state index in [0.717, 1.165) is 27.9 Å². The summed E-state index contributed by atoms with van der Waals surface area (Å²) >= 11 is 6.19. The molecule has 0 aliphatic carbocycles. The van der Waals surface area contributed by atoms with Gasteiger partial charge in [-0.25, -0.2) is 10.4 Å².